The van der Waals surface area contributed by atoms with Crippen molar-refractivity contribution in [2.45, 2.75) is 51.3 Å². The normalized spacial score (nSPS) is 19.7. The van der Waals surface area contributed by atoms with Crippen LogP contribution in [0.2, 0.25) is 5.02 Å². The van der Waals surface area contributed by atoms with Crippen molar-refractivity contribution < 1.29 is 13.9 Å². The lowest BCUT2D eigenvalue weighted by atomic mass is 9.91. The standard InChI is InChI=1S/C25H30ClF2N7O2/c1-14-12-34(13-20(30)25(14,27)28)22-15(11-29)9-17(26)21(32-22)31-16-5-6-18-19(10-16)35(23(36)33(18)4)8-7-24(2,3)37/h5-6,9-10,14,20,37H,7-8,12-13,30H2,1-4H3,(H,31,32). The predicted molar refractivity (Wildman–Crippen MR) is 140 cm³/mol. The second kappa shape index (κ2) is 9.59. The largest absolute Gasteiger partial charge is 0.390 e. The molecule has 3 heterocycles. The topological polar surface area (TPSA) is 125 Å². The number of aryl methyl sites for hydroxylation is 2. The van der Waals surface area contributed by atoms with Crippen molar-refractivity contribution in [3.8, 4) is 6.07 Å². The van der Waals surface area contributed by atoms with Gasteiger partial charge >= 0.3 is 5.69 Å². The number of fused-ring (bicyclic) bond motifs is 1. The van der Waals surface area contributed by atoms with Gasteiger partial charge in [-0.15, -0.1) is 0 Å². The van der Waals surface area contributed by atoms with Crippen LogP contribution in [0.4, 0.5) is 26.1 Å². The Labute approximate surface area is 218 Å². The Balaban J connectivity index is 1.70. The Bertz CT molecular complexity index is 1420. The number of anilines is 3. The summed E-state index contributed by atoms with van der Waals surface area (Å²) in [6, 6.07) is 7.39. The van der Waals surface area contributed by atoms with Crippen molar-refractivity contribution in [3.63, 3.8) is 0 Å². The van der Waals surface area contributed by atoms with E-state index in [9.17, 15) is 23.9 Å². The Hall–Kier alpha value is -3.20. The summed E-state index contributed by atoms with van der Waals surface area (Å²) in [5.74, 6) is -3.61. The maximum Gasteiger partial charge on any atom is 0.328 e. The summed E-state index contributed by atoms with van der Waals surface area (Å²) < 4.78 is 31.7. The number of rotatable bonds is 6. The fraction of sp³-hybridized carbons (Fsp3) is 0.480. The third-order valence-electron chi connectivity index (χ3n) is 6.79. The van der Waals surface area contributed by atoms with Gasteiger partial charge in [0.25, 0.3) is 5.92 Å². The molecule has 1 aliphatic heterocycles. The van der Waals surface area contributed by atoms with E-state index in [2.05, 4.69) is 10.3 Å². The van der Waals surface area contributed by atoms with E-state index in [1.165, 1.54) is 17.6 Å². The zero-order chi connectivity index (χ0) is 27.3. The van der Waals surface area contributed by atoms with Crippen LogP contribution in [0.3, 0.4) is 0 Å². The summed E-state index contributed by atoms with van der Waals surface area (Å²) in [5.41, 5.74) is 6.71. The molecule has 1 aromatic carbocycles. The van der Waals surface area contributed by atoms with Crippen LogP contribution in [0.25, 0.3) is 11.0 Å². The van der Waals surface area contributed by atoms with Gasteiger partial charge in [0.15, 0.2) is 5.82 Å². The number of hydrogen-bond acceptors (Lipinski definition) is 7. The van der Waals surface area contributed by atoms with Gasteiger partial charge in [-0.1, -0.05) is 18.5 Å². The molecule has 3 aromatic rings. The van der Waals surface area contributed by atoms with E-state index in [-0.39, 0.29) is 41.0 Å². The Kier molecular flexibility index (Phi) is 6.96. The molecule has 12 heteroatoms. The van der Waals surface area contributed by atoms with E-state index in [1.807, 2.05) is 6.07 Å². The number of pyridine rings is 1. The fourth-order valence-corrected chi connectivity index (χ4v) is 4.74. The maximum absolute atomic E-state index is 14.3. The minimum absolute atomic E-state index is 0.0209. The molecule has 4 rings (SSSR count). The number of nitrogens with two attached hydrogens (primary N) is 1. The van der Waals surface area contributed by atoms with Gasteiger partial charge in [-0.2, -0.15) is 5.26 Å². The van der Waals surface area contributed by atoms with Gasteiger partial charge in [0, 0.05) is 38.3 Å². The van der Waals surface area contributed by atoms with Gasteiger partial charge in [0.2, 0.25) is 0 Å². The Morgan fingerprint density at radius 3 is 2.65 bits per heavy atom. The van der Waals surface area contributed by atoms with Crippen LogP contribution in [-0.2, 0) is 13.6 Å². The molecule has 9 nitrogen and oxygen atoms in total. The highest BCUT2D eigenvalue weighted by Gasteiger charge is 2.48. The summed E-state index contributed by atoms with van der Waals surface area (Å²) in [6.45, 7) is 4.92. The first-order valence-corrected chi connectivity index (χ1v) is 12.3. The van der Waals surface area contributed by atoms with Crippen molar-refractivity contribution in [2.75, 3.05) is 23.3 Å². The molecule has 4 N–H and O–H groups in total. The molecule has 2 unspecified atom stereocenters. The smallest absolute Gasteiger partial charge is 0.328 e. The molecule has 198 valence electrons. The number of aromatic nitrogens is 3. The van der Waals surface area contributed by atoms with Gasteiger partial charge in [-0.3, -0.25) is 9.13 Å². The number of benzene rings is 1. The molecule has 0 spiro atoms. The SMILES string of the molecule is CC1CN(c2nc(Nc3ccc4c(c3)n(CCC(C)(C)O)c(=O)n4C)c(Cl)cc2C#N)CC(N)C1(F)F. The summed E-state index contributed by atoms with van der Waals surface area (Å²) in [5, 5.41) is 23.1. The molecular formula is C25H30ClF2N7O2. The van der Waals surface area contributed by atoms with E-state index in [1.54, 1.807) is 48.6 Å². The van der Waals surface area contributed by atoms with E-state index in [0.717, 1.165) is 0 Å². The Morgan fingerprint density at radius 2 is 2.03 bits per heavy atom. The van der Waals surface area contributed by atoms with Gasteiger partial charge in [-0.05, 0) is 44.5 Å². The lowest BCUT2D eigenvalue weighted by Crippen LogP contribution is -2.60. The molecule has 37 heavy (non-hydrogen) atoms. The summed E-state index contributed by atoms with van der Waals surface area (Å²) in [4.78, 5) is 18.9. The number of aliphatic hydroxyl groups is 1. The maximum atomic E-state index is 14.3. The average Bonchev–Trinajstić information content (AvgIpc) is 3.05. The highest BCUT2D eigenvalue weighted by molar-refractivity contribution is 6.33. The van der Waals surface area contributed by atoms with Crippen molar-refractivity contribution in [1.82, 2.24) is 14.1 Å². The molecule has 2 atom stereocenters. The van der Waals surface area contributed by atoms with E-state index in [4.69, 9.17) is 17.3 Å². The van der Waals surface area contributed by atoms with E-state index < -0.39 is 23.5 Å². The molecule has 1 saturated heterocycles. The zero-order valence-electron chi connectivity index (χ0n) is 21.1. The van der Waals surface area contributed by atoms with Crippen LogP contribution in [0.1, 0.15) is 32.8 Å². The molecular weight excluding hydrogens is 504 g/mol. The van der Waals surface area contributed by atoms with Gasteiger partial charge in [-0.25, -0.2) is 18.6 Å². The quantitative estimate of drug-likeness (QED) is 0.442. The predicted octanol–water partition coefficient (Wildman–Crippen LogP) is 3.58. The van der Waals surface area contributed by atoms with Crippen LogP contribution >= 0.6 is 11.6 Å². The summed E-state index contributed by atoms with van der Waals surface area (Å²) >= 11 is 6.42. The monoisotopic (exact) mass is 533 g/mol. The highest BCUT2D eigenvalue weighted by atomic mass is 35.5. The first kappa shape index (κ1) is 26.9. The van der Waals surface area contributed by atoms with Gasteiger partial charge in [0.05, 0.1) is 33.3 Å². The zero-order valence-corrected chi connectivity index (χ0v) is 21.9. The van der Waals surface area contributed by atoms with E-state index in [0.29, 0.717) is 29.7 Å². The van der Waals surface area contributed by atoms with Crippen molar-refractivity contribution >= 4 is 40.0 Å². The summed E-state index contributed by atoms with van der Waals surface area (Å²) in [6.07, 6.45) is 0.380. The number of imidazole rings is 1. The lowest BCUT2D eigenvalue weighted by Gasteiger charge is -2.41. The number of alkyl halides is 2. The van der Waals surface area contributed by atoms with Crippen LogP contribution in [0.15, 0.2) is 29.1 Å². The van der Waals surface area contributed by atoms with E-state index >= 15 is 0 Å². The average molecular weight is 534 g/mol. The first-order valence-electron chi connectivity index (χ1n) is 11.9. The highest BCUT2D eigenvalue weighted by Crippen LogP contribution is 2.37. The minimum atomic E-state index is -3.02. The summed E-state index contributed by atoms with van der Waals surface area (Å²) in [7, 11) is 1.68. The molecule has 0 radical (unpaired) electrons. The van der Waals surface area contributed by atoms with Crippen molar-refractivity contribution in [3.05, 3.63) is 45.3 Å². The van der Waals surface area contributed by atoms with Crippen LogP contribution < -0.4 is 21.6 Å². The van der Waals surface area contributed by atoms with Crippen molar-refractivity contribution in [2.24, 2.45) is 18.7 Å². The van der Waals surface area contributed by atoms with Crippen LogP contribution in [-0.4, -0.2) is 49.9 Å². The second-order valence-corrected chi connectivity index (χ2v) is 10.7. The second-order valence-electron chi connectivity index (χ2n) is 10.3. The molecule has 1 fully saturated rings. The Morgan fingerprint density at radius 1 is 1.32 bits per heavy atom. The first-order chi connectivity index (χ1) is 17.2. The molecule has 0 aliphatic carbocycles. The number of halogens is 3. The van der Waals surface area contributed by atoms with Crippen molar-refractivity contribution in [1.29, 1.82) is 5.26 Å². The third-order valence-corrected chi connectivity index (χ3v) is 7.08. The number of nitriles is 1. The molecule has 0 saturated carbocycles. The van der Waals surface area contributed by atoms with Gasteiger partial charge < -0.3 is 21.1 Å². The molecule has 0 amide bonds. The van der Waals surface area contributed by atoms with Crippen LogP contribution in [0, 0.1) is 17.2 Å². The minimum Gasteiger partial charge on any atom is -0.390 e. The fourth-order valence-electron chi connectivity index (χ4n) is 4.54. The number of hydrogen-bond donors (Lipinski definition) is 3. The number of nitrogens with one attached hydrogen (secondary N) is 1. The lowest BCUT2D eigenvalue weighted by molar-refractivity contribution is -0.0807. The molecule has 1 aliphatic rings. The number of nitrogens with zero attached hydrogens (tertiary/aromatic N) is 5. The van der Waals surface area contributed by atoms with Gasteiger partial charge in [0.1, 0.15) is 11.9 Å². The molecule has 2 aromatic heterocycles. The molecule has 0 bridgehead atoms. The number of piperidine rings is 1. The third kappa shape index (κ3) is 5.14. The van der Waals surface area contributed by atoms with Crippen LogP contribution in [0.5, 0.6) is 0 Å².